The SMILES string of the molecule is CCNC(Cc1ccc(C)cc1)Cc1c(C)nn(C)c1C. The zero-order chi connectivity index (χ0) is 15.4. The number of hydrogen-bond acceptors (Lipinski definition) is 2. The second-order valence-electron chi connectivity index (χ2n) is 5.92. The van der Waals surface area contributed by atoms with Crippen molar-refractivity contribution in [1.29, 1.82) is 0 Å². The number of hydrogen-bond donors (Lipinski definition) is 1. The van der Waals surface area contributed by atoms with Crippen LogP contribution in [-0.4, -0.2) is 22.4 Å². The Kier molecular flexibility index (Phi) is 5.18. The molecule has 2 rings (SSSR count). The molecule has 0 aliphatic carbocycles. The zero-order valence-corrected chi connectivity index (χ0v) is 13.9. The molecule has 0 bridgehead atoms. The van der Waals surface area contributed by atoms with E-state index in [4.69, 9.17) is 0 Å². The first-order valence-corrected chi connectivity index (χ1v) is 7.79. The molecule has 1 unspecified atom stereocenters. The Morgan fingerprint density at radius 3 is 2.29 bits per heavy atom. The van der Waals surface area contributed by atoms with Crippen molar-refractivity contribution in [3.05, 3.63) is 52.3 Å². The highest BCUT2D eigenvalue weighted by Crippen LogP contribution is 2.16. The van der Waals surface area contributed by atoms with Crippen LogP contribution in [0.4, 0.5) is 0 Å². The molecule has 0 aliphatic heterocycles. The Bertz CT molecular complexity index is 581. The Morgan fingerprint density at radius 1 is 1.10 bits per heavy atom. The lowest BCUT2D eigenvalue weighted by molar-refractivity contribution is 0.519. The topological polar surface area (TPSA) is 29.9 Å². The summed E-state index contributed by atoms with van der Waals surface area (Å²) in [6.45, 7) is 9.56. The van der Waals surface area contributed by atoms with Crippen molar-refractivity contribution in [3.63, 3.8) is 0 Å². The summed E-state index contributed by atoms with van der Waals surface area (Å²) >= 11 is 0. The van der Waals surface area contributed by atoms with Crippen LogP contribution in [-0.2, 0) is 19.9 Å². The Morgan fingerprint density at radius 2 is 1.76 bits per heavy atom. The van der Waals surface area contributed by atoms with Crippen molar-refractivity contribution in [2.75, 3.05) is 6.54 Å². The maximum atomic E-state index is 4.53. The van der Waals surface area contributed by atoms with Gasteiger partial charge in [0.2, 0.25) is 0 Å². The van der Waals surface area contributed by atoms with Gasteiger partial charge in [0.1, 0.15) is 0 Å². The Balaban J connectivity index is 2.13. The molecule has 21 heavy (non-hydrogen) atoms. The maximum Gasteiger partial charge on any atom is 0.0628 e. The molecule has 1 heterocycles. The summed E-state index contributed by atoms with van der Waals surface area (Å²) in [5.74, 6) is 0. The van der Waals surface area contributed by atoms with Crippen LogP contribution in [0.3, 0.4) is 0 Å². The molecule has 0 radical (unpaired) electrons. The Labute approximate surface area is 128 Å². The van der Waals surface area contributed by atoms with Crippen LogP contribution < -0.4 is 5.32 Å². The fourth-order valence-corrected chi connectivity index (χ4v) is 2.87. The summed E-state index contributed by atoms with van der Waals surface area (Å²) in [6, 6.07) is 9.32. The average Bonchev–Trinajstić information content (AvgIpc) is 2.68. The average molecular weight is 285 g/mol. The smallest absolute Gasteiger partial charge is 0.0628 e. The molecule has 0 saturated carbocycles. The lowest BCUT2D eigenvalue weighted by Gasteiger charge is -2.18. The summed E-state index contributed by atoms with van der Waals surface area (Å²) in [4.78, 5) is 0. The lowest BCUT2D eigenvalue weighted by atomic mass is 9.97. The van der Waals surface area contributed by atoms with Gasteiger partial charge in [-0.1, -0.05) is 36.8 Å². The van der Waals surface area contributed by atoms with Crippen molar-refractivity contribution < 1.29 is 0 Å². The van der Waals surface area contributed by atoms with Gasteiger partial charge in [-0.15, -0.1) is 0 Å². The van der Waals surface area contributed by atoms with Crippen molar-refractivity contribution in [1.82, 2.24) is 15.1 Å². The van der Waals surface area contributed by atoms with Crippen LogP contribution in [0, 0.1) is 20.8 Å². The van der Waals surface area contributed by atoms with Crippen LogP contribution in [0.15, 0.2) is 24.3 Å². The van der Waals surface area contributed by atoms with E-state index in [0.717, 1.165) is 25.1 Å². The largest absolute Gasteiger partial charge is 0.314 e. The molecule has 1 N–H and O–H groups in total. The number of benzene rings is 1. The van der Waals surface area contributed by atoms with Gasteiger partial charge in [-0.25, -0.2) is 0 Å². The molecule has 1 aromatic carbocycles. The van der Waals surface area contributed by atoms with E-state index < -0.39 is 0 Å². The zero-order valence-electron chi connectivity index (χ0n) is 13.9. The molecule has 3 nitrogen and oxygen atoms in total. The molecule has 3 heteroatoms. The van der Waals surface area contributed by atoms with Crippen molar-refractivity contribution in [2.24, 2.45) is 7.05 Å². The second-order valence-corrected chi connectivity index (χ2v) is 5.92. The third-order valence-electron chi connectivity index (χ3n) is 4.20. The summed E-state index contributed by atoms with van der Waals surface area (Å²) < 4.78 is 1.99. The predicted octanol–water partition coefficient (Wildman–Crippen LogP) is 3.11. The molecular weight excluding hydrogens is 258 g/mol. The molecule has 0 amide bonds. The first-order valence-electron chi connectivity index (χ1n) is 7.79. The van der Waals surface area contributed by atoms with Gasteiger partial charge in [0.05, 0.1) is 5.69 Å². The van der Waals surface area contributed by atoms with Crippen LogP contribution in [0.2, 0.25) is 0 Å². The van der Waals surface area contributed by atoms with E-state index >= 15 is 0 Å². The summed E-state index contributed by atoms with van der Waals surface area (Å²) in [5, 5.41) is 8.15. The molecule has 1 atom stereocenters. The minimum absolute atomic E-state index is 0.458. The summed E-state index contributed by atoms with van der Waals surface area (Å²) in [7, 11) is 2.02. The van der Waals surface area contributed by atoms with Gasteiger partial charge in [-0.3, -0.25) is 4.68 Å². The number of aryl methyl sites for hydroxylation is 3. The van der Waals surface area contributed by atoms with Gasteiger partial charge in [0.15, 0.2) is 0 Å². The van der Waals surface area contributed by atoms with E-state index in [1.165, 1.54) is 22.4 Å². The lowest BCUT2D eigenvalue weighted by Crippen LogP contribution is -2.33. The Hall–Kier alpha value is -1.61. The van der Waals surface area contributed by atoms with E-state index in [0.29, 0.717) is 6.04 Å². The normalized spacial score (nSPS) is 12.6. The van der Waals surface area contributed by atoms with Gasteiger partial charge in [-0.2, -0.15) is 5.10 Å². The molecular formula is C18H27N3. The quantitative estimate of drug-likeness (QED) is 0.884. The first-order chi connectivity index (χ1) is 10.0. The number of aromatic nitrogens is 2. The predicted molar refractivity (Wildman–Crippen MR) is 88.7 cm³/mol. The van der Waals surface area contributed by atoms with Crippen LogP contribution in [0.1, 0.15) is 35.0 Å². The highest BCUT2D eigenvalue weighted by atomic mass is 15.3. The van der Waals surface area contributed by atoms with Gasteiger partial charge < -0.3 is 5.32 Å². The van der Waals surface area contributed by atoms with Gasteiger partial charge >= 0.3 is 0 Å². The fraction of sp³-hybridized carbons (Fsp3) is 0.500. The fourth-order valence-electron chi connectivity index (χ4n) is 2.87. The monoisotopic (exact) mass is 285 g/mol. The molecule has 1 aromatic heterocycles. The van der Waals surface area contributed by atoms with Gasteiger partial charge in [-0.05, 0) is 51.3 Å². The van der Waals surface area contributed by atoms with E-state index in [1.807, 2.05) is 11.7 Å². The summed E-state index contributed by atoms with van der Waals surface area (Å²) in [6.07, 6.45) is 2.09. The van der Waals surface area contributed by atoms with Crippen molar-refractivity contribution >= 4 is 0 Å². The van der Waals surface area contributed by atoms with Crippen LogP contribution in [0.25, 0.3) is 0 Å². The molecule has 2 aromatic rings. The third-order valence-corrected chi connectivity index (χ3v) is 4.20. The molecule has 0 saturated heterocycles. The van der Waals surface area contributed by atoms with Crippen LogP contribution in [0.5, 0.6) is 0 Å². The molecule has 0 aliphatic rings. The second kappa shape index (κ2) is 6.90. The third kappa shape index (κ3) is 3.94. The van der Waals surface area contributed by atoms with Crippen molar-refractivity contribution in [3.8, 4) is 0 Å². The molecule has 114 valence electrons. The first kappa shape index (κ1) is 15.8. The minimum Gasteiger partial charge on any atom is -0.314 e. The van der Waals surface area contributed by atoms with E-state index in [1.54, 1.807) is 0 Å². The van der Waals surface area contributed by atoms with Gasteiger partial charge in [0, 0.05) is 18.8 Å². The number of nitrogens with one attached hydrogen (secondary N) is 1. The van der Waals surface area contributed by atoms with E-state index in [-0.39, 0.29) is 0 Å². The van der Waals surface area contributed by atoms with Gasteiger partial charge in [0.25, 0.3) is 0 Å². The minimum atomic E-state index is 0.458. The van der Waals surface area contributed by atoms with Crippen molar-refractivity contribution in [2.45, 2.75) is 46.6 Å². The van der Waals surface area contributed by atoms with E-state index in [2.05, 4.69) is 62.4 Å². The number of nitrogens with zero attached hydrogens (tertiary/aromatic N) is 2. The highest BCUT2D eigenvalue weighted by Gasteiger charge is 2.16. The van der Waals surface area contributed by atoms with E-state index in [9.17, 15) is 0 Å². The number of rotatable bonds is 6. The highest BCUT2D eigenvalue weighted by molar-refractivity contribution is 5.27. The number of likely N-dealkylation sites (N-methyl/N-ethyl adjacent to an activating group) is 1. The standard InChI is InChI=1S/C18H27N3/c1-6-19-17(11-16-9-7-13(2)8-10-16)12-18-14(3)20-21(5)15(18)4/h7-10,17,19H,6,11-12H2,1-5H3. The van der Waals surface area contributed by atoms with Crippen LogP contribution >= 0.6 is 0 Å². The molecule has 0 fully saturated rings. The summed E-state index contributed by atoms with van der Waals surface area (Å²) in [5.41, 5.74) is 6.53. The maximum absolute atomic E-state index is 4.53. The molecule has 0 spiro atoms.